The zero-order chi connectivity index (χ0) is 22.0. The third-order valence-corrected chi connectivity index (χ3v) is 5.60. The molecule has 8 nitrogen and oxygen atoms in total. The number of nitrogens with zero attached hydrogens (tertiary/aromatic N) is 2. The molecule has 2 aromatic heterocycles. The van der Waals surface area contributed by atoms with E-state index in [2.05, 4.69) is 37.5 Å². The van der Waals surface area contributed by atoms with Crippen molar-refractivity contribution in [1.82, 2.24) is 19.5 Å². The first-order valence-electron chi connectivity index (χ1n) is 9.31. The van der Waals surface area contributed by atoms with E-state index >= 15 is 0 Å². The summed E-state index contributed by atoms with van der Waals surface area (Å²) in [6.07, 6.45) is 1.64. The third-order valence-electron chi connectivity index (χ3n) is 4.62. The van der Waals surface area contributed by atoms with Gasteiger partial charge in [0.1, 0.15) is 23.9 Å². The fourth-order valence-electron chi connectivity index (χ4n) is 3.13. The molecular weight excluding hydrogens is 535 g/mol. The van der Waals surface area contributed by atoms with Gasteiger partial charge in [-0.2, -0.15) is 0 Å². The lowest BCUT2D eigenvalue weighted by Crippen LogP contribution is -2.17. The molecule has 0 unspecified atom stereocenters. The maximum atomic E-state index is 12.4. The van der Waals surface area contributed by atoms with Crippen molar-refractivity contribution < 1.29 is 14.9 Å². The van der Waals surface area contributed by atoms with Crippen LogP contribution in [0, 0.1) is 3.57 Å². The Morgan fingerprint density at radius 1 is 1.16 bits per heavy atom. The summed E-state index contributed by atoms with van der Waals surface area (Å²) in [4.78, 5) is 22.6. The average Bonchev–Trinajstić information content (AvgIpc) is 3.33. The van der Waals surface area contributed by atoms with E-state index < -0.39 is 5.69 Å². The van der Waals surface area contributed by atoms with Crippen molar-refractivity contribution in [1.29, 1.82) is 0 Å². The predicted molar refractivity (Wildman–Crippen MR) is 126 cm³/mol. The Balaban J connectivity index is 1.57. The molecule has 0 aliphatic rings. The largest absolute Gasteiger partial charge is 0.493 e. The van der Waals surface area contributed by atoms with Gasteiger partial charge in [0.2, 0.25) is 5.88 Å². The number of hydrogen-bond donors (Lipinski definition) is 4. The van der Waals surface area contributed by atoms with E-state index in [-0.39, 0.29) is 25.6 Å². The van der Waals surface area contributed by atoms with Gasteiger partial charge in [-0.1, -0.05) is 17.7 Å². The van der Waals surface area contributed by atoms with Crippen LogP contribution in [0.4, 0.5) is 0 Å². The first-order valence-corrected chi connectivity index (χ1v) is 10.8. The van der Waals surface area contributed by atoms with E-state index in [1.54, 1.807) is 30.5 Å². The first-order chi connectivity index (χ1) is 15.0. The van der Waals surface area contributed by atoms with Crippen molar-refractivity contribution in [2.24, 2.45) is 0 Å². The molecule has 0 saturated heterocycles. The Hall–Kier alpha value is -2.76. The summed E-state index contributed by atoms with van der Waals surface area (Å²) >= 11 is 8.51. The molecule has 2 heterocycles. The van der Waals surface area contributed by atoms with Gasteiger partial charge in [-0.15, -0.1) is 0 Å². The molecule has 31 heavy (non-hydrogen) atoms. The minimum atomic E-state index is -0.460. The fourth-order valence-corrected chi connectivity index (χ4v) is 4.09. The van der Waals surface area contributed by atoms with Gasteiger partial charge in [-0.25, -0.2) is 9.78 Å². The summed E-state index contributed by atoms with van der Waals surface area (Å²) in [5.74, 6) is 0.885. The summed E-state index contributed by atoms with van der Waals surface area (Å²) in [5.41, 5.74) is 1.98. The molecule has 0 saturated carbocycles. The van der Waals surface area contributed by atoms with Crippen LogP contribution in [0.2, 0.25) is 5.02 Å². The van der Waals surface area contributed by atoms with Gasteiger partial charge in [-0.3, -0.25) is 4.57 Å². The van der Waals surface area contributed by atoms with Gasteiger partial charge in [-0.05, 0) is 59.0 Å². The number of halogens is 2. The summed E-state index contributed by atoms with van der Waals surface area (Å²) in [7, 11) is 0. The minimum Gasteiger partial charge on any atom is -0.493 e. The molecule has 0 aliphatic carbocycles. The molecule has 4 aromatic rings. The normalized spacial score (nSPS) is 11.1. The van der Waals surface area contributed by atoms with Crippen LogP contribution in [-0.2, 0) is 6.54 Å². The summed E-state index contributed by atoms with van der Waals surface area (Å²) in [5, 5.41) is 20.1. The maximum absolute atomic E-state index is 12.4. The van der Waals surface area contributed by atoms with Crippen LogP contribution >= 0.6 is 34.2 Å². The maximum Gasteiger partial charge on any atom is 0.329 e. The van der Waals surface area contributed by atoms with E-state index in [1.165, 1.54) is 4.57 Å². The first kappa shape index (κ1) is 21.5. The number of H-pyrrole nitrogens is 2. The number of hydrogen-bond acceptors (Lipinski definition) is 5. The van der Waals surface area contributed by atoms with E-state index in [1.807, 2.05) is 18.2 Å². The number of ether oxygens (including phenoxy) is 1. The molecule has 4 rings (SSSR count). The van der Waals surface area contributed by atoms with Gasteiger partial charge in [0.15, 0.2) is 0 Å². The molecule has 0 fully saturated rings. The molecule has 0 bridgehead atoms. The molecule has 10 heteroatoms. The van der Waals surface area contributed by atoms with Crippen molar-refractivity contribution in [2.45, 2.75) is 6.54 Å². The number of aromatic amines is 2. The number of imidazole rings is 2. The number of aromatic hydroxyl groups is 1. The van der Waals surface area contributed by atoms with Gasteiger partial charge >= 0.3 is 5.69 Å². The Labute approximate surface area is 195 Å². The topological polar surface area (TPSA) is 116 Å². The lowest BCUT2D eigenvalue weighted by molar-refractivity contribution is 0.201. The van der Waals surface area contributed by atoms with Crippen LogP contribution in [0.3, 0.4) is 0 Å². The van der Waals surface area contributed by atoms with Crippen LogP contribution in [0.25, 0.3) is 22.5 Å². The zero-order valence-corrected chi connectivity index (χ0v) is 19.0. The van der Waals surface area contributed by atoms with E-state index in [4.69, 9.17) is 21.4 Å². The zero-order valence-electron chi connectivity index (χ0n) is 16.1. The van der Waals surface area contributed by atoms with Crippen LogP contribution < -0.4 is 10.4 Å². The van der Waals surface area contributed by atoms with Crippen LogP contribution in [-0.4, -0.2) is 42.9 Å². The Bertz CT molecular complexity index is 1260. The molecule has 0 atom stereocenters. The van der Waals surface area contributed by atoms with Gasteiger partial charge in [0.05, 0.1) is 30.1 Å². The fraction of sp³-hybridized carbons (Fsp3) is 0.143. The Morgan fingerprint density at radius 3 is 2.65 bits per heavy atom. The van der Waals surface area contributed by atoms with Crippen molar-refractivity contribution >= 4 is 34.2 Å². The Kier molecular flexibility index (Phi) is 6.35. The number of aliphatic hydroxyl groups is 1. The van der Waals surface area contributed by atoms with E-state index in [0.29, 0.717) is 27.9 Å². The SMILES string of the molecule is O=c1[nH]c(-c2ccc(OCCO)cc2)c(O)n1Cc1ncc(-c2ccc(I)cc2Cl)[nH]1. The van der Waals surface area contributed by atoms with Gasteiger partial charge < -0.3 is 24.9 Å². The van der Waals surface area contributed by atoms with Crippen LogP contribution in [0.5, 0.6) is 11.6 Å². The summed E-state index contributed by atoms with van der Waals surface area (Å²) in [6, 6.07) is 12.5. The number of aromatic nitrogens is 4. The molecule has 0 spiro atoms. The number of nitrogens with one attached hydrogen (secondary N) is 2. The molecule has 4 N–H and O–H groups in total. The lowest BCUT2D eigenvalue weighted by Gasteiger charge is -2.06. The quantitative estimate of drug-likeness (QED) is 0.262. The van der Waals surface area contributed by atoms with Crippen molar-refractivity contribution in [3.63, 3.8) is 0 Å². The monoisotopic (exact) mass is 552 g/mol. The second-order valence-corrected chi connectivity index (χ2v) is 8.33. The van der Waals surface area contributed by atoms with Crippen LogP contribution in [0.1, 0.15) is 5.82 Å². The number of aliphatic hydroxyl groups excluding tert-OH is 1. The highest BCUT2D eigenvalue weighted by atomic mass is 127. The van der Waals surface area contributed by atoms with Gasteiger partial charge in [0, 0.05) is 14.7 Å². The molecule has 160 valence electrons. The van der Waals surface area contributed by atoms with Crippen molar-refractivity contribution in [3.05, 3.63) is 73.6 Å². The number of rotatable bonds is 7. The third kappa shape index (κ3) is 4.63. The highest BCUT2D eigenvalue weighted by molar-refractivity contribution is 14.1. The second-order valence-electron chi connectivity index (χ2n) is 6.68. The average molecular weight is 553 g/mol. The second kappa shape index (κ2) is 9.16. The van der Waals surface area contributed by atoms with Crippen LogP contribution in [0.15, 0.2) is 53.5 Å². The smallest absolute Gasteiger partial charge is 0.329 e. The summed E-state index contributed by atoms with van der Waals surface area (Å²) in [6.45, 7) is 0.167. The van der Waals surface area contributed by atoms with E-state index in [0.717, 1.165) is 14.8 Å². The minimum absolute atomic E-state index is 0.0564. The Morgan fingerprint density at radius 2 is 1.94 bits per heavy atom. The molecule has 0 amide bonds. The lowest BCUT2D eigenvalue weighted by atomic mass is 10.1. The van der Waals surface area contributed by atoms with Gasteiger partial charge in [0.25, 0.3) is 0 Å². The summed E-state index contributed by atoms with van der Waals surface area (Å²) < 4.78 is 7.55. The number of benzene rings is 2. The molecular formula is C21H18ClIN4O4. The van der Waals surface area contributed by atoms with Crippen molar-refractivity contribution in [3.8, 4) is 34.1 Å². The predicted octanol–water partition coefficient (Wildman–Crippen LogP) is 3.62. The molecule has 2 aromatic carbocycles. The standard InChI is InChI=1S/C21H18ClIN4O4/c22-16-9-13(23)3-6-15(16)17-10-24-18(25-17)11-27-20(29)19(26-21(27)30)12-1-4-14(5-2-12)31-8-7-28/h1-6,9-10,28-29H,7-8,11H2,(H,24,25)(H,26,30). The highest BCUT2D eigenvalue weighted by Gasteiger charge is 2.17. The highest BCUT2D eigenvalue weighted by Crippen LogP contribution is 2.30. The van der Waals surface area contributed by atoms with Crippen molar-refractivity contribution in [2.75, 3.05) is 13.2 Å². The molecule has 0 aliphatic heterocycles. The van der Waals surface area contributed by atoms with E-state index in [9.17, 15) is 9.90 Å². The molecule has 0 radical (unpaired) electrons.